The zero-order valence-electron chi connectivity index (χ0n) is 8.16. The summed E-state index contributed by atoms with van der Waals surface area (Å²) in [6, 6.07) is -0.661. The highest BCUT2D eigenvalue weighted by atomic mass is 16.5. The average Bonchev–Trinajstić information content (AvgIpc) is 2.08. The Kier molecular flexibility index (Phi) is 3.69. The van der Waals surface area contributed by atoms with Crippen LogP contribution in [0.3, 0.4) is 0 Å². The number of methoxy groups -OCH3 is 1. The number of carbonyl (C=O) groups is 1. The third-order valence-corrected chi connectivity index (χ3v) is 2.44. The Morgan fingerprint density at radius 3 is 2.54 bits per heavy atom. The summed E-state index contributed by atoms with van der Waals surface area (Å²) in [6.07, 6.45) is 3.42. The maximum atomic E-state index is 11.0. The quantitative estimate of drug-likeness (QED) is 0.649. The lowest BCUT2D eigenvalue weighted by molar-refractivity contribution is -0.148. The second-order valence-corrected chi connectivity index (χ2v) is 3.44. The van der Waals surface area contributed by atoms with Crippen LogP contribution in [-0.2, 0) is 14.3 Å². The van der Waals surface area contributed by atoms with Crippen LogP contribution in [0.15, 0.2) is 0 Å². The van der Waals surface area contributed by atoms with Gasteiger partial charge >= 0.3 is 5.97 Å². The second-order valence-electron chi connectivity index (χ2n) is 3.44. The first kappa shape index (κ1) is 10.5. The zero-order valence-corrected chi connectivity index (χ0v) is 8.16. The van der Waals surface area contributed by atoms with Crippen molar-refractivity contribution < 1.29 is 14.3 Å². The minimum Gasteiger partial charge on any atom is -0.468 e. The Labute approximate surface area is 78.4 Å². The van der Waals surface area contributed by atoms with E-state index in [1.54, 1.807) is 6.92 Å². The molecule has 0 aromatic heterocycles. The van der Waals surface area contributed by atoms with Gasteiger partial charge in [-0.05, 0) is 26.2 Å². The van der Waals surface area contributed by atoms with E-state index in [-0.39, 0.29) is 6.10 Å². The van der Waals surface area contributed by atoms with E-state index in [4.69, 9.17) is 10.5 Å². The fourth-order valence-electron chi connectivity index (χ4n) is 1.22. The van der Waals surface area contributed by atoms with Crippen LogP contribution in [0.25, 0.3) is 0 Å². The third-order valence-electron chi connectivity index (χ3n) is 2.44. The van der Waals surface area contributed by atoms with Gasteiger partial charge in [-0.1, -0.05) is 0 Å². The van der Waals surface area contributed by atoms with E-state index in [0.717, 1.165) is 12.8 Å². The molecule has 0 radical (unpaired) electrons. The molecule has 1 saturated carbocycles. The summed E-state index contributed by atoms with van der Waals surface area (Å²) in [5.41, 5.74) is 5.60. The van der Waals surface area contributed by atoms with Crippen molar-refractivity contribution in [3.63, 3.8) is 0 Å². The molecule has 0 aromatic carbocycles. The summed E-state index contributed by atoms with van der Waals surface area (Å²) in [4.78, 5) is 11.0. The van der Waals surface area contributed by atoms with Gasteiger partial charge < -0.3 is 15.2 Å². The molecular formula is C9H17NO3. The molecule has 0 heterocycles. The van der Waals surface area contributed by atoms with Crippen LogP contribution in [0.4, 0.5) is 0 Å². The van der Waals surface area contributed by atoms with Gasteiger partial charge in [-0.2, -0.15) is 0 Å². The number of nitrogens with two attached hydrogens (primary N) is 1. The maximum absolute atomic E-state index is 11.0. The third kappa shape index (κ3) is 2.67. The van der Waals surface area contributed by atoms with Gasteiger partial charge in [0, 0.05) is 0 Å². The monoisotopic (exact) mass is 187 g/mol. The molecule has 0 saturated heterocycles. The summed E-state index contributed by atoms with van der Waals surface area (Å²) < 4.78 is 10.1. The molecule has 1 rings (SSSR count). The highest BCUT2D eigenvalue weighted by molar-refractivity contribution is 5.75. The van der Waals surface area contributed by atoms with Crippen LogP contribution in [0.2, 0.25) is 0 Å². The van der Waals surface area contributed by atoms with Crippen molar-refractivity contribution in [1.82, 2.24) is 0 Å². The molecular weight excluding hydrogens is 170 g/mol. The van der Waals surface area contributed by atoms with Gasteiger partial charge in [0.2, 0.25) is 0 Å². The maximum Gasteiger partial charge on any atom is 0.325 e. The number of ether oxygens (including phenoxy) is 2. The van der Waals surface area contributed by atoms with Crippen molar-refractivity contribution in [1.29, 1.82) is 0 Å². The van der Waals surface area contributed by atoms with Gasteiger partial charge in [-0.15, -0.1) is 0 Å². The Morgan fingerprint density at radius 2 is 2.15 bits per heavy atom. The second kappa shape index (κ2) is 4.58. The van der Waals surface area contributed by atoms with Gasteiger partial charge in [0.25, 0.3) is 0 Å². The summed E-state index contributed by atoms with van der Waals surface area (Å²) >= 11 is 0. The lowest BCUT2D eigenvalue weighted by Gasteiger charge is -2.30. The van der Waals surface area contributed by atoms with Crippen LogP contribution >= 0.6 is 0 Å². The lowest BCUT2D eigenvalue weighted by Crippen LogP contribution is -2.44. The van der Waals surface area contributed by atoms with Gasteiger partial charge in [0.15, 0.2) is 0 Å². The van der Waals surface area contributed by atoms with Crippen LogP contribution in [0.1, 0.15) is 26.2 Å². The van der Waals surface area contributed by atoms with E-state index >= 15 is 0 Å². The molecule has 0 spiro atoms. The van der Waals surface area contributed by atoms with E-state index in [1.807, 2.05) is 0 Å². The summed E-state index contributed by atoms with van der Waals surface area (Å²) in [5, 5.41) is 0. The molecule has 1 aliphatic carbocycles. The van der Waals surface area contributed by atoms with Crippen LogP contribution in [0.5, 0.6) is 0 Å². The smallest absolute Gasteiger partial charge is 0.325 e. The van der Waals surface area contributed by atoms with Crippen molar-refractivity contribution in [3.8, 4) is 0 Å². The minimum absolute atomic E-state index is 0.252. The molecule has 4 nitrogen and oxygen atoms in total. The predicted molar refractivity (Wildman–Crippen MR) is 48.2 cm³/mol. The van der Waals surface area contributed by atoms with Crippen molar-refractivity contribution in [2.75, 3.05) is 7.11 Å². The first-order valence-corrected chi connectivity index (χ1v) is 4.64. The SMILES string of the molecule is COC(=O)[C@@H](N)C(C)OC1CCC1. The number of carbonyl (C=O) groups excluding carboxylic acids is 1. The normalized spacial score (nSPS) is 21.8. The fourth-order valence-corrected chi connectivity index (χ4v) is 1.22. The number of hydrogen-bond acceptors (Lipinski definition) is 4. The van der Waals surface area contributed by atoms with Crippen LogP contribution < -0.4 is 5.73 Å². The molecule has 2 atom stereocenters. The van der Waals surface area contributed by atoms with E-state index in [2.05, 4.69) is 4.74 Å². The molecule has 1 unspecified atom stereocenters. The van der Waals surface area contributed by atoms with Gasteiger partial charge in [-0.25, -0.2) is 0 Å². The van der Waals surface area contributed by atoms with Gasteiger partial charge in [0.1, 0.15) is 6.04 Å². The summed E-state index contributed by atoms with van der Waals surface area (Å²) in [5.74, 6) is -0.410. The molecule has 0 aliphatic heterocycles. The van der Waals surface area contributed by atoms with E-state index < -0.39 is 12.0 Å². The standard InChI is InChI=1S/C9H17NO3/c1-6(8(10)9(11)12-2)13-7-4-3-5-7/h6-8H,3-5,10H2,1-2H3/t6?,8-/m0/s1. The molecule has 1 aliphatic rings. The lowest BCUT2D eigenvalue weighted by atomic mass is 9.96. The first-order chi connectivity index (χ1) is 6.15. The van der Waals surface area contributed by atoms with Crippen LogP contribution in [-0.4, -0.2) is 31.3 Å². The van der Waals surface area contributed by atoms with Crippen molar-refractivity contribution in [3.05, 3.63) is 0 Å². The Balaban J connectivity index is 2.27. The molecule has 4 heteroatoms. The van der Waals surface area contributed by atoms with E-state index in [1.165, 1.54) is 13.5 Å². The Hall–Kier alpha value is -0.610. The predicted octanol–water partition coefficient (Wildman–Crippen LogP) is 0.444. The van der Waals surface area contributed by atoms with Gasteiger partial charge in [0.05, 0.1) is 19.3 Å². The summed E-state index contributed by atoms with van der Waals surface area (Å²) in [7, 11) is 1.33. The van der Waals surface area contributed by atoms with Gasteiger partial charge in [-0.3, -0.25) is 4.79 Å². The molecule has 76 valence electrons. The summed E-state index contributed by atoms with van der Waals surface area (Å²) in [6.45, 7) is 1.81. The van der Waals surface area contributed by atoms with Crippen molar-refractivity contribution in [2.24, 2.45) is 5.73 Å². The highest BCUT2D eigenvalue weighted by Crippen LogP contribution is 2.23. The largest absolute Gasteiger partial charge is 0.468 e. The minimum atomic E-state index is -0.661. The molecule has 0 aromatic rings. The molecule has 13 heavy (non-hydrogen) atoms. The number of rotatable bonds is 4. The average molecular weight is 187 g/mol. The van der Waals surface area contributed by atoms with Crippen molar-refractivity contribution >= 4 is 5.97 Å². The first-order valence-electron chi connectivity index (χ1n) is 4.64. The Morgan fingerprint density at radius 1 is 1.54 bits per heavy atom. The molecule has 0 amide bonds. The number of esters is 1. The molecule has 1 fully saturated rings. The van der Waals surface area contributed by atoms with Crippen molar-refractivity contribution in [2.45, 2.75) is 44.4 Å². The number of hydrogen-bond donors (Lipinski definition) is 1. The molecule has 0 bridgehead atoms. The fraction of sp³-hybridized carbons (Fsp3) is 0.889. The van der Waals surface area contributed by atoms with Crippen LogP contribution in [0, 0.1) is 0 Å². The Bertz CT molecular complexity index is 180. The van der Waals surface area contributed by atoms with E-state index in [0.29, 0.717) is 6.10 Å². The van der Waals surface area contributed by atoms with E-state index in [9.17, 15) is 4.79 Å². The zero-order chi connectivity index (χ0) is 9.84. The topological polar surface area (TPSA) is 61.5 Å². The highest BCUT2D eigenvalue weighted by Gasteiger charge is 2.27. The molecule has 2 N–H and O–H groups in total.